The van der Waals surface area contributed by atoms with Crippen molar-refractivity contribution in [1.29, 1.82) is 0 Å². The number of nitrogens with zero attached hydrogens (tertiary/aromatic N) is 1. The van der Waals surface area contributed by atoms with Crippen molar-refractivity contribution in [1.82, 2.24) is 0 Å². The third-order valence-electron chi connectivity index (χ3n) is 3.34. The summed E-state index contributed by atoms with van der Waals surface area (Å²) in [6.07, 6.45) is 1.22. The normalized spacial score (nSPS) is 12.4. The largest absolute Gasteiger partial charge is 0.393 e. The molecule has 0 bridgehead atoms. The van der Waals surface area contributed by atoms with Crippen molar-refractivity contribution >= 4 is 17.1 Å². The van der Waals surface area contributed by atoms with E-state index in [4.69, 9.17) is 5.73 Å². The molecule has 0 fully saturated rings. The molecule has 1 aromatic carbocycles. The maximum absolute atomic E-state index is 11.0. The van der Waals surface area contributed by atoms with Crippen LogP contribution in [0.1, 0.15) is 26.7 Å². The van der Waals surface area contributed by atoms with Gasteiger partial charge in [-0.1, -0.05) is 32.8 Å². The molecule has 0 aliphatic rings. The van der Waals surface area contributed by atoms with E-state index in [1.807, 2.05) is 13.8 Å². The van der Waals surface area contributed by atoms with Gasteiger partial charge in [-0.3, -0.25) is 10.1 Å². The quantitative estimate of drug-likeness (QED) is 0.400. The van der Waals surface area contributed by atoms with Gasteiger partial charge >= 0.3 is 5.69 Å². The lowest BCUT2D eigenvalue weighted by Gasteiger charge is -2.20. The molecule has 1 rings (SSSR count). The zero-order valence-electron chi connectivity index (χ0n) is 11.3. The Morgan fingerprint density at radius 1 is 1.42 bits per heavy atom. The molecule has 1 aromatic rings. The van der Waals surface area contributed by atoms with Crippen LogP contribution in [-0.4, -0.2) is 22.7 Å². The first kappa shape index (κ1) is 15.2. The Labute approximate surface area is 112 Å². The van der Waals surface area contributed by atoms with Crippen LogP contribution in [0.15, 0.2) is 18.2 Å². The second kappa shape index (κ2) is 6.94. The lowest BCUT2D eigenvalue weighted by atomic mass is 9.96. The van der Waals surface area contributed by atoms with Crippen molar-refractivity contribution in [3.8, 4) is 0 Å². The average Bonchev–Trinajstić information content (AvgIpc) is 2.37. The van der Waals surface area contributed by atoms with Crippen LogP contribution in [0.2, 0.25) is 0 Å². The Morgan fingerprint density at radius 2 is 2.05 bits per heavy atom. The van der Waals surface area contributed by atoms with Crippen molar-refractivity contribution in [3.63, 3.8) is 0 Å². The first-order valence-electron chi connectivity index (χ1n) is 6.46. The summed E-state index contributed by atoms with van der Waals surface area (Å²) in [4.78, 5) is 10.4. The predicted octanol–water partition coefficient (Wildman–Crippen LogP) is 2.39. The molecule has 0 heterocycles. The van der Waals surface area contributed by atoms with Gasteiger partial charge < -0.3 is 16.2 Å². The SMILES string of the molecule is CCC(CC)C(O)CNc1cccc(N)c1[N+](=O)[O-]. The van der Waals surface area contributed by atoms with Gasteiger partial charge in [-0.05, 0) is 18.1 Å². The first-order valence-corrected chi connectivity index (χ1v) is 6.46. The molecule has 6 nitrogen and oxygen atoms in total. The molecule has 1 atom stereocenters. The fraction of sp³-hybridized carbons (Fsp3) is 0.538. The molecule has 0 radical (unpaired) electrons. The van der Waals surface area contributed by atoms with Gasteiger partial charge in [-0.2, -0.15) is 0 Å². The van der Waals surface area contributed by atoms with E-state index in [0.29, 0.717) is 5.69 Å². The Morgan fingerprint density at radius 3 is 2.58 bits per heavy atom. The maximum atomic E-state index is 11.0. The zero-order chi connectivity index (χ0) is 14.4. The molecular formula is C13H21N3O3. The molecule has 1 unspecified atom stereocenters. The standard InChI is InChI=1S/C13H21N3O3/c1-3-9(4-2)12(17)8-15-11-7-5-6-10(14)13(11)16(18)19/h5-7,9,12,15,17H,3-4,8,14H2,1-2H3. The van der Waals surface area contributed by atoms with E-state index >= 15 is 0 Å². The molecule has 0 aromatic heterocycles. The molecule has 0 spiro atoms. The summed E-state index contributed by atoms with van der Waals surface area (Å²) in [7, 11) is 0. The number of nitrogens with one attached hydrogen (secondary N) is 1. The fourth-order valence-electron chi connectivity index (χ4n) is 2.12. The first-order chi connectivity index (χ1) is 9.01. The van der Waals surface area contributed by atoms with E-state index in [-0.39, 0.29) is 23.8 Å². The van der Waals surface area contributed by atoms with Gasteiger partial charge in [-0.25, -0.2) is 0 Å². The third kappa shape index (κ3) is 3.82. The highest BCUT2D eigenvalue weighted by Gasteiger charge is 2.20. The number of nitro benzene ring substituents is 1. The summed E-state index contributed by atoms with van der Waals surface area (Å²) in [6.45, 7) is 4.30. The summed E-state index contributed by atoms with van der Waals surface area (Å²) in [5.41, 5.74) is 5.92. The zero-order valence-corrected chi connectivity index (χ0v) is 11.3. The Kier molecular flexibility index (Phi) is 5.57. The van der Waals surface area contributed by atoms with Crippen LogP contribution in [0, 0.1) is 16.0 Å². The van der Waals surface area contributed by atoms with E-state index in [9.17, 15) is 15.2 Å². The molecule has 0 saturated heterocycles. The van der Waals surface area contributed by atoms with E-state index in [1.165, 1.54) is 6.07 Å². The second-order valence-corrected chi connectivity index (χ2v) is 4.53. The Hall–Kier alpha value is -1.82. The average molecular weight is 267 g/mol. The van der Waals surface area contributed by atoms with Crippen molar-refractivity contribution in [2.24, 2.45) is 5.92 Å². The summed E-state index contributed by atoms with van der Waals surface area (Å²) < 4.78 is 0. The molecule has 0 amide bonds. The van der Waals surface area contributed by atoms with E-state index < -0.39 is 11.0 Å². The van der Waals surface area contributed by atoms with Crippen LogP contribution in [0.25, 0.3) is 0 Å². The van der Waals surface area contributed by atoms with Crippen LogP contribution in [-0.2, 0) is 0 Å². The summed E-state index contributed by atoms with van der Waals surface area (Å²) in [5.74, 6) is 0.188. The smallest absolute Gasteiger partial charge is 0.314 e. The molecular weight excluding hydrogens is 246 g/mol. The number of hydrogen-bond acceptors (Lipinski definition) is 5. The fourth-order valence-corrected chi connectivity index (χ4v) is 2.12. The third-order valence-corrected chi connectivity index (χ3v) is 3.34. The van der Waals surface area contributed by atoms with Crippen LogP contribution >= 0.6 is 0 Å². The van der Waals surface area contributed by atoms with Gasteiger partial charge in [0, 0.05) is 6.54 Å². The van der Waals surface area contributed by atoms with Crippen molar-refractivity contribution in [3.05, 3.63) is 28.3 Å². The molecule has 0 saturated carbocycles. The highest BCUT2D eigenvalue weighted by Crippen LogP contribution is 2.30. The summed E-state index contributed by atoms with van der Waals surface area (Å²) in [5, 5.41) is 23.9. The van der Waals surface area contributed by atoms with E-state index in [1.54, 1.807) is 12.1 Å². The Bertz CT molecular complexity index is 433. The number of para-hydroxylation sites is 1. The molecule has 106 valence electrons. The summed E-state index contributed by atoms with van der Waals surface area (Å²) >= 11 is 0. The molecule has 0 aliphatic heterocycles. The van der Waals surface area contributed by atoms with Gasteiger partial charge in [0.15, 0.2) is 0 Å². The van der Waals surface area contributed by atoms with Crippen molar-refractivity contribution < 1.29 is 10.0 Å². The van der Waals surface area contributed by atoms with E-state index in [2.05, 4.69) is 5.32 Å². The predicted molar refractivity (Wildman–Crippen MR) is 76.1 cm³/mol. The number of nitro groups is 1. The molecule has 0 aliphatic carbocycles. The van der Waals surface area contributed by atoms with Gasteiger partial charge in [0.1, 0.15) is 11.4 Å². The lowest BCUT2D eigenvalue weighted by Crippen LogP contribution is -2.27. The van der Waals surface area contributed by atoms with Crippen molar-refractivity contribution in [2.45, 2.75) is 32.8 Å². The van der Waals surface area contributed by atoms with Crippen LogP contribution < -0.4 is 11.1 Å². The van der Waals surface area contributed by atoms with Gasteiger partial charge in [0.05, 0.1) is 11.0 Å². The van der Waals surface area contributed by atoms with Gasteiger partial charge in [0.25, 0.3) is 0 Å². The van der Waals surface area contributed by atoms with E-state index in [0.717, 1.165) is 12.8 Å². The van der Waals surface area contributed by atoms with Crippen molar-refractivity contribution in [2.75, 3.05) is 17.6 Å². The van der Waals surface area contributed by atoms with Gasteiger partial charge in [0.2, 0.25) is 0 Å². The summed E-state index contributed by atoms with van der Waals surface area (Å²) in [6, 6.07) is 4.73. The number of nitrogen functional groups attached to an aromatic ring is 1. The maximum Gasteiger partial charge on any atom is 0.314 e. The topological polar surface area (TPSA) is 101 Å². The minimum atomic E-state index is -0.531. The lowest BCUT2D eigenvalue weighted by molar-refractivity contribution is -0.383. The number of benzene rings is 1. The van der Waals surface area contributed by atoms with Crippen LogP contribution in [0.4, 0.5) is 17.1 Å². The monoisotopic (exact) mass is 267 g/mol. The Balaban J connectivity index is 2.78. The number of hydrogen-bond donors (Lipinski definition) is 3. The molecule has 6 heteroatoms. The molecule has 4 N–H and O–H groups in total. The van der Waals surface area contributed by atoms with Crippen LogP contribution in [0.5, 0.6) is 0 Å². The second-order valence-electron chi connectivity index (χ2n) is 4.53. The number of anilines is 2. The number of nitrogens with two attached hydrogens (primary N) is 1. The number of rotatable bonds is 7. The highest BCUT2D eigenvalue weighted by atomic mass is 16.6. The number of aliphatic hydroxyl groups is 1. The minimum absolute atomic E-state index is 0.118. The number of aliphatic hydroxyl groups excluding tert-OH is 1. The van der Waals surface area contributed by atoms with Gasteiger partial charge in [-0.15, -0.1) is 0 Å². The van der Waals surface area contributed by atoms with Crippen LogP contribution in [0.3, 0.4) is 0 Å². The molecule has 19 heavy (non-hydrogen) atoms. The minimum Gasteiger partial charge on any atom is -0.393 e. The highest BCUT2D eigenvalue weighted by molar-refractivity contribution is 5.74.